The monoisotopic (exact) mass is 214 g/mol. The maximum absolute atomic E-state index is 10.2. The molecule has 0 aromatic rings. The Morgan fingerprint density at radius 2 is 1.93 bits per heavy atom. The van der Waals surface area contributed by atoms with Crippen molar-refractivity contribution < 1.29 is 5.11 Å². The minimum atomic E-state index is -0.614. The molecule has 0 spiro atoms. The van der Waals surface area contributed by atoms with Crippen molar-refractivity contribution in [1.82, 2.24) is 10.2 Å². The van der Waals surface area contributed by atoms with Crippen LogP contribution in [0.2, 0.25) is 0 Å². The zero-order chi connectivity index (χ0) is 11.7. The number of hydrogen-bond acceptors (Lipinski definition) is 3. The van der Waals surface area contributed by atoms with Crippen molar-refractivity contribution in [3.05, 3.63) is 0 Å². The summed E-state index contributed by atoms with van der Waals surface area (Å²) in [6, 6.07) is 0.520. The molecule has 0 saturated carbocycles. The smallest absolute Gasteiger partial charge is 0.0870 e. The van der Waals surface area contributed by atoms with E-state index in [2.05, 4.69) is 37.9 Å². The van der Waals surface area contributed by atoms with Crippen LogP contribution in [0.25, 0.3) is 0 Å². The summed E-state index contributed by atoms with van der Waals surface area (Å²) in [5.74, 6) is 0. The van der Waals surface area contributed by atoms with Crippen molar-refractivity contribution in [2.75, 3.05) is 19.6 Å². The van der Waals surface area contributed by atoms with Gasteiger partial charge in [0, 0.05) is 31.2 Å². The Morgan fingerprint density at radius 1 is 1.33 bits per heavy atom. The number of nitrogens with zero attached hydrogens (tertiary/aromatic N) is 1. The molecule has 0 aromatic heterocycles. The van der Waals surface area contributed by atoms with Crippen molar-refractivity contribution in [3.63, 3.8) is 0 Å². The minimum absolute atomic E-state index is 0.121. The fourth-order valence-electron chi connectivity index (χ4n) is 2.35. The van der Waals surface area contributed by atoms with E-state index in [0.717, 1.165) is 19.5 Å². The van der Waals surface area contributed by atoms with Crippen LogP contribution < -0.4 is 5.32 Å². The number of nitrogens with one attached hydrogen (secondary N) is 1. The molecule has 1 heterocycles. The van der Waals surface area contributed by atoms with Crippen LogP contribution in [0.3, 0.4) is 0 Å². The Bertz CT molecular complexity index is 214. The number of rotatable bonds is 2. The SMILES string of the molecule is CCC(C)N1CC(C)(O)CNCC1(C)C. The average Bonchev–Trinajstić information content (AvgIpc) is 2.21. The largest absolute Gasteiger partial charge is 0.388 e. The Morgan fingerprint density at radius 3 is 2.47 bits per heavy atom. The van der Waals surface area contributed by atoms with E-state index in [1.807, 2.05) is 6.92 Å². The van der Waals surface area contributed by atoms with Gasteiger partial charge >= 0.3 is 0 Å². The van der Waals surface area contributed by atoms with Crippen molar-refractivity contribution in [1.29, 1.82) is 0 Å². The van der Waals surface area contributed by atoms with Crippen LogP contribution in [-0.4, -0.2) is 46.8 Å². The molecule has 3 heteroatoms. The molecular weight excluding hydrogens is 188 g/mol. The first-order chi connectivity index (χ1) is 6.78. The molecule has 1 fully saturated rings. The second-order valence-electron chi connectivity index (χ2n) is 5.80. The van der Waals surface area contributed by atoms with Gasteiger partial charge in [-0.15, -0.1) is 0 Å². The molecule has 90 valence electrons. The molecule has 0 amide bonds. The lowest BCUT2D eigenvalue weighted by atomic mass is 9.98. The van der Waals surface area contributed by atoms with Crippen molar-refractivity contribution in [2.24, 2.45) is 0 Å². The van der Waals surface area contributed by atoms with E-state index in [1.54, 1.807) is 0 Å². The molecule has 3 nitrogen and oxygen atoms in total. The van der Waals surface area contributed by atoms with Gasteiger partial charge in [-0.2, -0.15) is 0 Å². The van der Waals surface area contributed by atoms with Crippen LogP contribution >= 0.6 is 0 Å². The Labute approximate surface area is 93.9 Å². The Kier molecular flexibility index (Phi) is 3.80. The van der Waals surface area contributed by atoms with Gasteiger partial charge in [0.15, 0.2) is 0 Å². The van der Waals surface area contributed by atoms with Crippen molar-refractivity contribution in [2.45, 2.75) is 58.2 Å². The molecule has 2 unspecified atom stereocenters. The zero-order valence-corrected chi connectivity index (χ0v) is 10.8. The van der Waals surface area contributed by atoms with Gasteiger partial charge < -0.3 is 10.4 Å². The first-order valence-electron chi connectivity index (χ1n) is 5.98. The maximum Gasteiger partial charge on any atom is 0.0870 e. The van der Waals surface area contributed by atoms with Gasteiger partial charge in [-0.25, -0.2) is 0 Å². The van der Waals surface area contributed by atoms with Crippen LogP contribution in [0.1, 0.15) is 41.0 Å². The topological polar surface area (TPSA) is 35.5 Å². The summed E-state index contributed by atoms with van der Waals surface area (Å²) in [7, 11) is 0. The maximum atomic E-state index is 10.2. The summed E-state index contributed by atoms with van der Waals surface area (Å²) < 4.78 is 0. The van der Waals surface area contributed by atoms with Crippen LogP contribution in [0.4, 0.5) is 0 Å². The van der Waals surface area contributed by atoms with E-state index in [0.29, 0.717) is 12.6 Å². The lowest BCUT2D eigenvalue weighted by Gasteiger charge is -2.42. The van der Waals surface area contributed by atoms with E-state index in [9.17, 15) is 5.11 Å². The van der Waals surface area contributed by atoms with Gasteiger partial charge in [0.05, 0.1) is 5.60 Å². The number of aliphatic hydroxyl groups is 1. The summed E-state index contributed by atoms with van der Waals surface area (Å²) in [6.45, 7) is 13.2. The molecule has 0 aliphatic carbocycles. The summed E-state index contributed by atoms with van der Waals surface area (Å²) in [5, 5.41) is 13.5. The normalized spacial score (nSPS) is 34.8. The summed E-state index contributed by atoms with van der Waals surface area (Å²) in [6.07, 6.45) is 1.12. The van der Waals surface area contributed by atoms with Crippen LogP contribution in [0.5, 0.6) is 0 Å². The Hall–Kier alpha value is -0.120. The predicted octanol–water partition coefficient (Wildman–Crippen LogP) is 1.22. The quantitative estimate of drug-likeness (QED) is 0.725. The van der Waals surface area contributed by atoms with Crippen LogP contribution in [-0.2, 0) is 0 Å². The van der Waals surface area contributed by atoms with Crippen LogP contribution in [0.15, 0.2) is 0 Å². The standard InChI is InChI=1S/C12H26N2O/c1-6-10(2)14-9-12(5,15)8-13-7-11(14,3)4/h10,13,15H,6-9H2,1-5H3. The van der Waals surface area contributed by atoms with E-state index in [4.69, 9.17) is 0 Å². The molecule has 1 aliphatic heterocycles. The van der Waals surface area contributed by atoms with Crippen LogP contribution in [0, 0.1) is 0 Å². The van der Waals surface area contributed by atoms with E-state index >= 15 is 0 Å². The molecule has 1 aliphatic rings. The average molecular weight is 214 g/mol. The van der Waals surface area contributed by atoms with E-state index < -0.39 is 5.60 Å². The van der Waals surface area contributed by atoms with Gasteiger partial charge in [0.25, 0.3) is 0 Å². The summed E-state index contributed by atoms with van der Waals surface area (Å²) in [5.41, 5.74) is -0.493. The molecule has 2 N–H and O–H groups in total. The minimum Gasteiger partial charge on any atom is -0.388 e. The fraction of sp³-hybridized carbons (Fsp3) is 1.00. The first kappa shape index (κ1) is 12.9. The second-order valence-corrected chi connectivity index (χ2v) is 5.80. The fourth-order valence-corrected chi connectivity index (χ4v) is 2.35. The Balaban J connectivity index is 2.85. The summed E-state index contributed by atoms with van der Waals surface area (Å²) >= 11 is 0. The van der Waals surface area contributed by atoms with E-state index in [1.165, 1.54) is 0 Å². The van der Waals surface area contributed by atoms with Gasteiger partial charge in [-0.3, -0.25) is 4.90 Å². The third-order valence-electron chi connectivity index (χ3n) is 3.47. The molecular formula is C12H26N2O. The third-order valence-corrected chi connectivity index (χ3v) is 3.47. The number of β-amino-alcohol motifs (C(OH)–C–C–N with tert-alkyl or cyclic N) is 1. The molecule has 0 aromatic carbocycles. The highest BCUT2D eigenvalue weighted by Gasteiger charge is 2.38. The third kappa shape index (κ3) is 3.16. The molecule has 0 radical (unpaired) electrons. The first-order valence-corrected chi connectivity index (χ1v) is 5.98. The lowest BCUT2D eigenvalue weighted by Crippen LogP contribution is -2.54. The lowest BCUT2D eigenvalue weighted by molar-refractivity contribution is -0.00840. The molecule has 0 bridgehead atoms. The predicted molar refractivity (Wildman–Crippen MR) is 64.0 cm³/mol. The number of hydrogen-bond donors (Lipinski definition) is 2. The van der Waals surface area contributed by atoms with Gasteiger partial charge in [0.2, 0.25) is 0 Å². The highest BCUT2D eigenvalue weighted by Crippen LogP contribution is 2.24. The molecule has 15 heavy (non-hydrogen) atoms. The zero-order valence-electron chi connectivity index (χ0n) is 10.8. The van der Waals surface area contributed by atoms with Gasteiger partial charge in [-0.1, -0.05) is 6.92 Å². The molecule has 1 rings (SSSR count). The van der Waals surface area contributed by atoms with E-state index in [-0.39, 0.29) is 5.54 Å². The van der Waals surface area contributed by atoms with Gasteiger partial charge in [0.1, 0.15) is 0 Å². The molecule has 1 saturated heterocycles. The summed E-state index contributed by atoms with van der Waals surface area (Å²) in [4.78, 5) is 2.42. The van der Waals surface area contributed by atoms with Gasteiger partial charge in [-0.05, 0) is 34.1 Å². The second kappa shape index (κ2) is 4.40. The highest BCUT2D eigenvalue weighted by atomic mass is 16.3. The highest BCUT2D eigenvalue weighted by molar-refractivity contribution is 4.95. The van der Waals surface area contributed by atoms with Crippen molar-refractivity contribution in [3.8, 4) is 0 Å². The van der Waals surface area contributed by atoms with Crippen molar-refractivity contribution >= 4 is 0 Å². The molecule has 2 atom stereocenters.